The van der Waals surface area contributed by atoms with Crippen molar-refractivity contribution in [3.8, 4) is 0 Å². The van der Waals surface area contributed by atoms with Crippen molar-refractivity contribution < 1.29 is 20.1 Å². The van der Waals surface area contributed by atoms with Crippen LogP contribution in [0.1, 0.15) is 85.0 Å². The first-order valence-corrected chi connectivity index (χ1v) is 9.86. The van der Waals surface area contributed by atoms with Gasteiger partial charge in [-0.1, -0.05) is 64.7 Å². The highest BCUT2D eigenvalue weighted by molar-refractivity contribution is 4.65. The van der Waals surface area contributed by atoms with Crippen LogP contribution in [0.5, 0.6) is 0 Å². The molecule has 24 heavy (non-hydrogen) atoms. The molecule has 5 heteroatoms. The van der Waals surface area contributed by atoms with E-state index in [0.717, 1.165) is 6.42 Å². The van der Waals surface area contributed by atoms with E-state index in [1.807, 2.05) is 0 Å². The summed E-state index contributed by atoms with van der Waals surface area (Å²) >= 11 is 0. The molecule has 0 aliphatic rings. The first-order valence-electron chi connectivity index (χ1n) is 9.86. The fourth-order valence-electron chi connectivity index (χ4n) is 2.82. The zero-order chi connectivity index (χ0) is 18.2. The molecule has 0 bridgehead atoms. The van der Waals surface area contributed by atoms with Crippen LogP contribution in [0.2, 0.25) is 0 Å². The minimum atomic E-state index is -0.790. The van der Waals surface area contributed by atoms with Crippen molar-refractivity contribution in [2.45, 2.75) is 104 Å². The smallest absolute Gasteiger partial charge is 0.106 e. The van der Waals surface area contributed by atoms with Gasteiger partial charge in [-0.2, -0.15) is 0 Å². The highest BCUT2D eigenvalue weighted by Gasteiger charge is 2.19. The maximum atomic E-state index is 9.89. The molecule has 3 atom stereocenters. The average Bonchev–Trinajstić information content (AvgIpc) is 2.53. The Bertz CT molecular complexity index is 254. The highest BCUT2D eigenvalue weighted by atomic mass is 16.5. The third-order valence-corrected chi connectivity index (χ3v) is 4.33. The second kappa shape index (κ2) is 16.3. The molecule has 0 spiro atoms. The molecule has 0 aliphatic heterocycles. The molecule has 146 valence electrons. The van der Waals surface area contributed by atoms with Crippen LogP contribution < -0.4 is 0 Å². The molecule has 0 rings (SSSR count). The predicted molar refractivity (Wildman–Crippen MR) is 98.7 cm³/mol. The van der Waals surface area contributed by atoms with Gasteiger partial charge in [-0.25, -0.2) is 0 Å². The molecule has 0 aliphatic carbocycles. The summed E-state index contributed by atoms with van der Waals surface area (Å²) in [5.74, 6) is 0. The number of ether oxygens (including phenoxy) is 1. The number of rotatable bonds is 17. The summed E-state index contributed by atoms with van der Waals surface area (Å²) in [4.78, 5) is 1.43. The quantitative estimate of drug-likeness (QED) is 0.278. The molecule has 0 saturated heterocycles. The van der Waals surface area contributed by atoms with Crippen LogP contribution in [-0.2, 0) is 4.74 Å². The van der Waals surface area contributed by atoms with E-state index in [-0.39, 0.29) is 13.2 Å². The Kier molecular flexibility index (Phi) is 16.1. The summed E-state index contributed by atoms with van der Waals surface area (Å²) < 4.78 is 5.49. The Hall–Kier alpha value is -0.200. The normalized spacial score (nSPS) is 15.6. The van der Waals surface area contributed by atoms with Gasteiger partial charge in [0.15, 0.2) is 0 Å². The molecule has 0 radical (unpaired) electrons. The Morgan fingerprint density at radius 1 is 0.750 bits per heavy atom. The average molecular weight is 348 g/mol. The van der Waals surface area contributed by atoms with E-state index >= 15 is 0 Å². The molecule has 0 fully saturated rings. The minimum absolute atomic E-state index is 0.202. The van der Waals surface area contributed by atoms with E-state index in [0.29, 0.717) is 6.61 Å². The minimum Gasteiger partial charge on any atom is -0.389 e. The van der Waals surface area contributed by atoms with Gasteiger partial charge in [0.2, 0.25) is 0 Å². The summed E-state index contributed by atoms with van der Waals surface area (Å²) in [5, 5.41) is 28.9. The van der Waals surface area contributed by atoms with Crippen LogP contribution in [0.15, 0.2) is 0 Å². The van der Waals surface area contributed by atoms with Crippen molar-refractivity contribution in [1.82, 2.24) is 4.90 Å². The van der Waals surface area contributed by atoms with Gasteiger partial charge in [0.25, 0.3) is 0 Å². The van der Waals surface area contributed by atoms with Gasteiger partial charge >= 0.3 is 0 Å². The lowest BCUT2D eigenvalue weighted by Crippen LogP contribution is -2.45. The molecule has 0 saturated carbocycles. The zero-order valence-corrected chi connectivity index (χ0v) is 16.1. The van der Waals surface area contributed by atoms with Gasteiger partial charge in [-0.3, -0.25) is 4.90 Å². The van der Waals surface area contributed by atoms with Crippen LogP contribution in [-0.4, -0.2) is 58.5 Å². The van der Waals surface area contributed by atoms with Gasteiger partial charge < -0.3 is 20.1 Å². The van der Waals surface area contributed by atoms with Gasteiger partial charge in [-0.15, -0.1) is 0 Å². The monoisotopic (exact) mass is 347 g/mol. The predicted octanol–water partition coefficient (Wildman–Crippen LogP) is 3.26. The van der Waals surface area contributed by atoms with Crippen LogP contribution >= 0.6 is 0 Å². The van der Waals surface area contributed by atoms with Gasteiger partial charge in [-0.05, 0) is 20.3 Å². The second-order valence-corrected chi connectivity index (χ2v) is 6.87. The van der Waals surface area contributed by atoms with Gasteiger partial charge in [0, 0.05) is 13.2 Å². The maximum Gasteiger partial charge on any atom is 0.106 e. The third kappa shape index (κ3) is 14.2. The van der Waals surface area contributed by atoms with Crippen LogP contribution in [0.3, 0.4) is 0 Å². The Labute approximate surface area is 149 Å². The Morgan fingerprint density at radius 2 is 1.21 bits per heavy atom. The SMILES string of the molecule is CCCCCCCCCCCCOCC(O)CN(C(C)O)C(C)O. The van der Waals surface area contributed by atoms with E-state index in [4.69, 9.17) is 4.74 Å². The number of nitrogens with zero attached hydrogens (tertiary/aromatic N) is 1. The molecule has 3 unspecified atom stereocenters. The number of unbranched alkanes of at least 4 members (excludes halogenated alkanes) is 9. The number of hydrogen-bond donors (Lipinski definition) is 3. The summed E-state index contributed by atoms with van der Waals surface area (Å²) in [6, 6.07) is 0. The van der Waals surface area contributed by atoms with Crippen molar-refractivity contribution in [3.63, 3.8) is 0 Å². The van der Waals surface area contributed by atoms with E-state index in [1.54, 1.807) is 13.8 Å². The Morgan fingerprint density at radius 3 is 1.67 bits per heavy atom. The number of aliphatic hydroxyl groups excluding tert-OH is 3. The maximum absolute atomic E-state index is 9.89. The lowest BCUT2D eigenvalue weighted by atomic mass is 10.1. The van der Waals surface area contributed by atoms with Crippen molar-refractivity contribution in [2.24, 2.45) is 0 Å². The fraction of sp³-hybridized carbons (Fsp3) is 1.00. The standard InChI is InChI=1S/C19H41NO4/c1-4-5-6-7-8-9-10-11-12-13-14-24-16-19(23)15-20(17(2)21)18(3)22/h17-19,21-23H,4-16H2,1-3H3. The summed E-state index contributed by atoms with van der Waals surface area (Å²) in [5.41, 5.74) is 0. The van der Waals surface area contributed by atoms with E-state index in [1.165, 1.54) is 62.7 Å². The first-order chi connectivity index (χ1) is 11.5. The molecular weight excluding hydrogens is 306 g/mol. The highest BCUT2D eigenvalue weighted by Crippen LogP contribution is 2.10. The van der Waals surface area contributed by atoms with Gasteiger partial charge in [0.1, 0.15) is 12.5 Å². The van der Waals surface area contributed by atoms with Gasteiger partial charge in [0.05, 0.1) is 12.7 Å². The van der Waals surface area contributed by atoms with E-state index in [9.17, 15) is 15.3 Å². The Balaban J connectivity index is 3.40. The van der Waals surface area contributed by atoms with Crippen LogP contribution in [0.25, 0.3) is 0 Å². The molecule has 0 aromatic carbocycles. The molecule has 0 aromatic rings. The summed E-state index contributed by atoms with van der Waals surface area (Å²) in [6.07, 6.45) is 10.7. The van der Waals surface area contributed by atoms with Crippen molar-refractivity contribution >= 4 is 0 Å². The fourth-order valence-corrected chi connectivity index (χ4v) is 2.82. The topological polar surface area (TPSA) is 73.2 Å². The van der Waals surface area contributed by atoms with Crippen molar-refractivity contribution in [2.75, 3.05) is 19.8 Å². The number of hydrogen-bond acceptors (Lipinski definition) is 5. The van der Waals surface area contributed by atoms with Crippen molar-refractivity contribution in [3.05, 3.63) is 0 Å². The third-order valence-electron chi connectivity index (χ3n) is 4.33. The zero-order valence-electron chi connectivity index (χ0n) is 16.1. The summed E-state index contributed by atoms with van der Waals surface area (Å²) in [7, 11) is 0. The largest absolute Gasteiger partial charge is 0.389 e. The molecule has 0 aromatic heterocycles. The molecular formula is C19H41NO4. The lowest BCUT2D eigenvalue weighted by Gasteiger charge is -2.29. The molecule has 0 heterocycles. The van der Waals surface area contributed by atoms with Crippen molar-refractivity contribution in [1.29, 1.82) is 0 Å². The number of aliphatic hydroxyl groups is 3. The summed E-state index contributed by atoms with van der Waals surface area (Å²) in [6.45, 7) is 6.50. The molecule has 3 N–H and O–H groups in total. The van der Waals surface area contributed by atoms with Crippen LogP contribution in [0, 0.1) is 0 Å². The molecule has 0 amide bonds. The lowest BCUT2D eigenvalue weighted by molar-refractivity contribution is -0.108. The van der Waals surface area contributed by atoms with E-state index in [2.05, 4.69) is 6.92 Å². The van der Waals surface area contributed by atoms with E-state index < -0.39 is 18.6 Å². The van der Waals surface area contributed by atoms with Crippen LogP contribution in [0.4, 0.5) is 0 Å². The first kappa shape index (κ1) is 23.8. The second-order valence-electron chi connectivity index (χ2n) is 6.87. The molecule has 5 nitrogen and oxygen atoms in total.